The first kappa shape index (κ1) is 14.1. The Morgan fingerprint density at radius 2 is 2.15 bits per heavy atom. The second kappa shape index (κ2) is 6.25. The molecule has 0 spiro atoms. The van der Waals surface area contributed by atoms with Crippen LogP contribution in [0.5, 0.6) is 0 Å². The maximum atomic E-state index is 13.2. The minimum absolute atomic E-state index is 0.00973. The van der Waals surface area contributed by atoms with E-state index in [2.05, 4.69) is 10.3 Å². The standard InChI is InChI=1S/C13H12FN3O2S/c14-9-6-8(3-4-10(9)15)20-7-12(18)17-13(19)11-2-1-5-16-11/h1-6,16H,7,15H2,(H,17,18,19). The summed E-state index contributed by atoms with van der Waals surface area (Å²) in [5.74, 6) is -1.47. The number of halogens is 1. The molecule has 0 saturated heterocycles. The van der Waals surface area contributed by atoms with E-state index in [4.69, 9.17) is 5.73 Å². The number of amides is 2. The number of carbonyl (C=O) groups excluding carboxylic acids is 2. The molecule has 0 aliphatic heterocycles. The lowest BCUT2D eigenvalue weighted by Crippen LogP contribution is -2.32. The molecule has 0 fully saturated rings. The summed E-state index contributed by atoms with van der Waals surface area (Å²) in [5, 5.41) is 2.23. The number of H-pyrrole nitrogens is 1. The molecule has 4 N–H and O–H groups in total. The summed E-state index contributed by atoms with van der Waals surface area (Å²) in [6.07, 6.45) is 1.59. The van der Waals surface area contributed by atoms with E-state index in [1.165, 1.54) is 12.1 Å². The lowest BCUT2D eigenvalue weighted by molar-refractivity contribution is -0.117. The molecule has 5 nitrogen and oxygen atoms in total. The lowest BCUT2D eigenvalue weighted by Gasteiger charge is -2.04. The van der Waals surface area contributed by atoms with E-state index in [-0.39, 0.29) is 11.4 Å². The number of rotatable bonds is 4. The van der Waals surface area contributed by atoms with Gasteiger partial charge in [-0.3, -0.25) is 14.9 Å². The van der Waals surface area contributed by atoms with Crippen molar-refractivity contribution >= 4 is 29.3 Å². The highest BCUT2D eigenvalue weighted by Gasteiger charge is 2.11. The van der Waals surface area contributed by atoms with Crippen LogP contribution in [0.4, 0.5) is 10.1 Å². The summed E-state index contributed by atoms with van der Waals surface area (Å²) in [6, 6.07) is 7.51. The van der Waals surface area contributed by atoms with Gasteiger partial charge in [0.25, 0.3) is 5.91 Å². The van der Waals surface area contributed by atoms with Crippen molar-refractivity contribution < 1.29 is 14.0 Å². The molecular weight excluding hydrogens is 281 g/mol. The van der Waals surface area contributed by atoms with Crippen molar-refractivity contribution in [3.8, 4) is 0 Å². The highest BCUT2D eigenvalue weighted by Crippen LogP contribution is 2.21. The van der Waals surface area contributed by atoms with Crippen LogP contribution in [-0.4, -0.2) is 22.6 Å². The van der Waals surface area contributed by atoms with Crippen molar-refractivity contribution in [2.45, 2.75) is 4.90 Å². The molecule has 104 valence electrons. The summed E-state index contributed by atoms with van der Waals surface area (Å²) < 4.78 is 13.2. The predicted molar refractivity (Wildman–Crippen MR) is 74.8 cm³/mol. The van der Waals surface area contributed by atoms with Gasteiger partial charge in [0, 0.05) is 11.1 Å². The first-order chi connectivity index (χ1) is 9.56. The van der Waals surface area contributed by atoms with Crippen LogP contribution in [-0.2, 0) is 4.79 Å². The van der Waals surface area contributed by atoms with Gasteiger partial charge in [-0.2, -0.15) is 0 Å². The zero-order valence-corrected chi connectivity index (χ0v) is 11.2. The molecule has 7 heteroatoms. The normalized spacial score (nSPS) is 10.2. The largest absolute Gasteiger partial charge is 0.396 e. The molecule has 0 radical (unpaired) electrons. The molecule has 20 heavy (non-hydrogen) atoms. The average Bonchev–Trinajstić information content (AvgIpc) is 2.94. The number of nitrogen functional groups attached to an aromatic ring is 1. The number of carbonyl (C=O) groups is 2. The van der Waals surface area contributed by atoms with Gasteiger partial charge in [-0.1, -0.05) is 0 Å². The fourth-order valence-electron chi connectivity index (χ4n) is 1.45. The van der Waals surface area contributed by atoms with Gasteiger partial charge in [-0.15, -0.1) is 11.8 Å². The van der Waals surface area contributed by atoms with Crippen molar-refractivity contribution in [2.75, 3.05) is 11.5 Å². The molecule has 1 aromatic heterocycles. The molecule has 0 aliphatic rings. The van der Waals surface area contributed by atoms with Gasteiger partial charge in [0.05, 0.1) is 11.4 Å². The smallest absolute Gasteiger partial charge is 0.274 e. The van der Waals surface area contributed by atoms with E-state index in [0.717, 1.165) is 11.8 Å². The number of nitrogens with two attached hydrogens (primary N) is 1. The zero-order chi connectivity index (χ0) is 14.5. The molecule has 0 atom stereocenters. The Morgan fingerprint density at radius 1 is 1.35 bits per heavy atom. The molecule has 1 aromatic carbocycles. The highest BCUT2D eigenvalue weighted by atomic mass is 32.2. The van der Waals surface area contributed by atoms with Crippen LogP contribution in [0.15, 0.2) is 41.4 Å². The molecule has 2 rings (SSSR count). The molecular formula is C13H12FN3O2S. The Morgan fingerprint density at radius 3 is 2.80 bits per heavy atom. The van der Waals surface area contributed by atoms with Gasteiger partial charge >= 0.3 is 0 Å². The molecule has 2 aromatic rings. The van der Waals surface area contributed by atoms with Gasteiger partial charge in [0.15, 0.2) is 0 Å². The van der Waals surface area contributed by atoms with Crippen LogP contribution in [0.2, 0.25) is 0 Å². The highest BCUT2D eigenvalue weighted by molar-refractivity contribution is 8.00. The van der Waals surface area contributed by atoms with Gasteiger partial charge in [-0.25, -0.2) is 4.39 Å². The minimum Gasteiger partial charge on any atom is -0.396 e. The Hall–Kier alpha value is -2.28. The summed E-state index contributed by atoms with van der Waals surface area (Å²) in [6.45, 7) is 0. The third-order valence-corrected chi connectivity index (χ3v) is 3.43. The number of anilines is 1. The average molecular weight is 293 g/mol. The van der Waals surface area contributed by atoms with Crippen molar-refractivity contribution in [1.82, 2.24) is 10.3 Å². The van der Waals surface area contributed by atoms with Gasteiger partial charge < -0.3 is 10.7 Å². The maximum Gasteiger partial charge on any atom is 0.274 e. The Bertz CT molecular complexity index is 629. The topological polar surface area (TPSA) is 88.0 Å². The van der Waals surface area contributed by atoms with Crippen molar-refractivity contribution in [2.24, 2.45) is 0 Å². The molecule has 0 aliphatic carbocycles. The number of aromatic amines is 1. The first-order valence-electron chi connectivity index (χ1n) is 5.71. The number of hydrogen-bond donors (Lipinski definition) is 3. The minimum atomic E-state index is -0.530. The number of aromatic nitrogens is 1. The third kappa shape index (κ3) is 3.61. The monoisotopic (exact) mass is 293 g/mol. The van der Waals surface area contributed by atoms with E-state index in [9.17, 15) is 14.0 Å². The fraction of sp³-hybridized carbons (Fsp3) is 0.0769. The Labute approximate surface area is 118 Å². The van der Waals surface area contributed by atoms with Crippen LogP contribution < -0.4 is 11.1 Å². The van der Waals surface area contributed by atoms with Gasteiger partial charge in [0.2, 0.25) is 5.91 Å². The summed E-state index contributed by atoms with van der Waals surface area (Å²) in [7, 11) is 0. The number of nitrogens with one attached hydrogen (secondary N) is 2. The zero-order valence-electron chi connectivity index (χ0n) is 10.4. The number of imide groups is 1. The first-order valence-corrected chi connectivity index (χ1v) is 6.70. The van der Waals surface area contributed by atoms with E-state index in [1.807, 2.05) is 0 Å². The van der Waals surface area contributed by atoms with Crippen molar-refractivity contribution in [3.05, 3.63) is 48.0 Å². The van der Waals surface area contributed by atoms with Crippen LogP contribution in [0.1, 0.15) is 10.5 Å². The molecule has 0 saturated carbocycles. The van der Waals surface area contributed by atoms with Gasteiger partial charge in [0.1, 0.15) is 11.5 Å². The SMILES string of the molecule is Nc1ccc(SCC(=O)NC(=O)c2ccc[nH]2)cc1F. The van der Waals surface area contributed by atoms with E-state index >= 15 is 0 Å². The quantitative estimate of drug-likeness (QED) is 0.592. The Kier molecular flexibility index (Phi) is 4.41. The summed E-state index contributed by atoms with van der Waals surface area (Å²) in [5.41, 5.74) is 5.72. The summed E-state index contributed by atoms with van der Waals surface area (Å²) >= 11 is 1.12. The Balaban J connectivity index is 1.86. The van der Waals surface area contributed by atoms with Crippen LogP contribution in [0, 0.1) is 5.82 Å². The number of hydrogen-bond acceptors (Lipinski definition) is 4. The second-order valence-corrected chi connectivity index (χ2v) is 4.98. The number of benzene rings is 1. The van der Waals surface area contributed by atoms with Crippen LogP contribution >= 0.6 is 11.8 Å². The number of thioether (sulfide) groups is 1. The maximum absolute atomic E-state index is 13.2. The predicted octanol–water partition coefficient (Wildman–Crippen LogP) is 1.78. The van der Waals surface area contributed by atoms with E-state index < -0.39 is 17.6 Å². The lowest BCUT2D eigenvalue weighted by atomic mass is 10.3. The third-order valence-electron chi connectivity index (χ3n) is 2.44. The van der Waals surface area contributed by atoms with Crippen molar-refractivity contribution in [1.29, 1.82) is 0 Å². The molecule has 1 heterocycles. The van der Waals surface area contributed by atoms with Crippen molar-refractivity contribution in [3.63, 3.8) is 0 Å². The molecule has 2 amide bonds. The molecule has 0 unspecified atom stereocenters. The van der Waals surface area contributed by atoms with Crippen LogP contribution in [0.25, 0.3) is 0 Å². The second-order valence-electron chi connectivity index (χ2n) is 3.93. The van der Waals surface area contributed by atoms with E-state index in [1.54, 1.807) is 24.4 Å². The summed E-state index contributed by atoms with van der Waals surface area (Å²) in [4.78, 5) is 26.4. The van der Waals surface area contributed by atoms with Crippen LogP contribution in [0.3, 0.4) is 0 Å². The van der Waals surface area contributed by atoms with Gasteiger partial charge in [-0.05, 0) is 30.3 Å². The van der Waals surface area contributed by atoms with E-state index in [0.29, 0.717) is 10.6 Å². The molecule has 0 bridgehead atoms. The fourth-order valence-corrected chi connectivity index (χ4v) is 2.17.